The first kappa shape index (κ1) is 22.3. The summed E-state index contributed by atoms with van der Waals surface area (Å²) >= 11 is 0. The highest BCUT2D eigenvalue weighted by atomic mass is 16.5. The Labute approximate surface area is 192 Å². The maximum absolute atomic E-state index is 13.7. The minimum atomic E-state index is -0.878. The van der Waals surface area contributed by atoms with Gasteiger partial charge in [-0.1, -0.05) is 12.8 Å². The Kier molecular flexibility index (Phi) is 6.31. The number of carbonyl (C=O) groups is 3. The van der Waals surface area contributed by atoms with Crippen LogP contribution in [0.1, 0.15) is 48.0 Å². The number of nitrogens with zero attached hydrogens (tertiary/aromatic N) is 3. The number of nitriles is 1. The van der Waals surface area contributed by atoms with Crippen molar-refractivity contribution in [2.75, 3.05) is 19.1 Å². The molecule has 0 N–H and O–H groups in total. The molecule has 0 spiro atoms. The molecule has 1 aliphatic heterocycles. The van der Waals surface area contributed by atoms with Crippen LogP contribution in [0, 0.1) is 11.3 Å². The zero-order valence-corrected chi connectivity index (χ0v) is 18.6. The van der Waals surface area contributed by atoms with E-state index in [-0.39, 0.29) is 24.3 Å². The molecule has 1 atom stereocenters. The second kappa shape index (κ2) is 9.33. The van der Waals surface area contributed by atoms with Gasteiger partial charge in [-0.15, -0.1) is 0 Å². The maximum atomic E-state index is 13.7. The molecule has 2 aliphatic rings. The van der Waals surface area contributed by atoms with Gasteiger partial charge >= 0.3 is 0 Å². The van der Waals surface area contributed by atoms with Crippen LogP contribution in [-0.4, -0.2) is 48.9 Å². The zero-order valence-electron chi connectivity index (χ0n) is 18.6. The quantitative estimate of drug-likeness (QED) is 0.630. The Morgan fingerprint density at radius 3 is 2.30 bits per heavy atom. The molecule has 1 heterocycles. The lowest BCUT2D eigenvalue weighted by molar-refractivity contribution is -0.123. The number of hydrogen-bond acceptors (Lipinski definition) is 6. The van der Waals surface area contributed by atoms with E-state index in [9.17, 15) is 14.4 Å². The van der Waals surface area contributed by atoms with Crippen LogP contribution in [0.2, 0.25) is 0 Å². The third-order valence-corrected chi connectivity index (χ3v) is 6.30. The van der Waals surface area contributed by atoms with E-state index >= 15 is 0 Å². The van der Waals surface area contributed by atoms with Crippen molar-refractivity contribution in [3.63, 3.8) is 0 Å². The molecule has 1 saturated heterocycles. The van der Waals surface area contributed by atoms with Crippen LogP contribution >= 0.6 is 0 Å². The van der Waals surface area contributed by atoms with Gasteiger partial charge in [0.2, 0.25) is 5.91 Å². The number of carbonyl (C=O) groups excluding carboxylic acids is 3. The van der Waals surface area contributed by atoms with Crippen LogP contribution in [0.5, 0.6) is 11.5 Å². The van der Waals surface area contributed by atoms with Crippen molar-refractivity contribution in [3.05, 3.63) is 53.6 Å². The average molecular weight is 447 g/mol. The van der Waals surface area contributed by atoms with Gasteiger partial charge in [0.05, 0.1) is 38.0 Å². The van der Waals surface area contributed by atoms with Gasteiger partial charge in [-0.05, 0) is 55.3 Å². The molecule has 1 saturated carbocycles. The monoisotopic (exact) mass is 447 g/mol. The first-order valence-corrected chi connectivity index (χ1v) is 10.9. The Hall–Kier alpha value is -3.86. The molecule has 170 valence electrons. The molecule has 2 aromatic carbocycles. The number of rotatable bonds is 6. The Balaban J connectivity index is 1.67. The molecule has 0 aromatic heterocycles. The summed E-state index contributed by atoms with van der Waals surface area (Å²) in [5, 5.41) is 9.02. The van der Waals surface area contributed by atoms with E-state index in [1.54, 1.807) is 47.4 Å². The number of benzene rings is 2. The minimum absolute atomic E-state index is 0.0750. The molecule has 3 amide bonds. The van der Waals surface area contributed by atoms with E-state index in [4.69, 9.17) is 14.7 Å². The molecule has 1 unspecified atom stereocenters. The van der Waals surface area contributed by atoms with E-state index < -0.39 is 11.9 Å². The SMILES string of the molecule is COc1ccc(C(=O)N(C2CCCC2)C2CC(=O)N(c3ccc(C#N)cc3)C2=O)cc1OC. The Morgan fingerprint density at radius 1 is 1.03 bits per heavy atom. The van der Waals surface area contributed by atoms with Crippen LogP contribution in [0.4, 0.5) is 5.69 Å². The van der Waals surface area contributed by atoms with Gasteiger partial charge in [0.25, 0.3) is 11.8 Å². The largest absolute Gasteiger partial charge is 0.493 e. The smallest absolute Gasteiger partial charge is 0.257 e. The maximum Gasteiger partial charge on any atom is 0.257 e. The Morgan fingerprint density at radius 2 is 1.70 bits per heavy atom. The molecular formula is C25H25N3O5. The first-order valence-electron chi connectivity index (χ1n) is 10.9. The van der Waals surface area contributed by atoms with Crippen LogP contribution in [-0.2, 0) is 9.59 Å². The standard InChI is InChI=1S/C25H25N3O5/c1-32-21-12-9-17(13-22(21)33-2)24(30)27(18-5-3-4-6-18)20-14-23(29)28(25(20)31)19-10-7-16(15-26)8-11-19/h7-13,18,20H,3-6,14H2,1-2H3. The summed E-state index contributed by atoms with van der Waals surface area (Å²) in [6.07, 6.45) is 3.43. The molecule has 1 aliphatic carbocycles. The van der Waals surface area contributed by atoms with Gasteiger partial charge in [-0.2, -0.15) is 5.26 Å². The van der Waals surface area contributed by atoms with Crippen LogP contribution in [0.3, 0.4) is 0 Å². The van der Waals surface area contributed by atoms with Gasteiger partial charge in [-0.3, -0.25) is 14.4 Å². The lowest BCUT2D eigenvalue weighted by Crippen LogP contribution is -2.50. The molecular weight excluding hydrogens is 422 g/mol. The summed E-state index contributed by atoms with van der Waals surface area (Å²) in [5.41, 5.74) is 1.21. The van der Waals surface area contributed by atoms with E-state index in [1.165, 1.54) is 14.2 Å². The topological polar surface area (TPSA) is 99.9 Å². The van der Waals surface area contributed by atoms with E-state index in [0.29, 0.717) is 28.3 Å². The second-order valence-electron chi connectivity index (χ2n) is 8.17. The summed E-state index contributed by atoms with van der Waals surface area (Å²) in [6, 6.07) is 12.2. The van der Waals surface area contributed by atoms with Gasteiger partial charge in [0, 0.05) is 11.6 Å². The van der Waals surface area contributed by atoms with Crippen molar-refractivity contribution in [1.29, 1.82) is 5.26 Å². The summed E-state index contributed by atoms with van der Waals surface area (Å²) in [6.45, 7) is 0. The Bertz CT molecular complexity index is 1120. The van der Waals surface area contributed by atoms with Gasteiger partial charge < -0.3 is 14.4 Å². The van der Waals surface area contributed by atoms with Gasteiger partial charge in [-0.25, -0.2) is 4.90 Å². The summed E-state index contributed by atoms with van der Waals surface area (Å²) in [5.74, 6) is -0.178. The molecule has 2 aromatic rings. The van der Waals surface area contributed by atoms with E-state index in [1.807, 2.05) is 6.07 Å². The third-order valence-electron chi connectivity index (χ3n) is 6.30. The third kappa shape index (κ3) is 4.14. The number of imide groups is 1. The number of ether oxygens (including phenoxy) is 2. The molecule has 0 radical (unpaired) electrons. The van der Waals surface area contributed by atoms with Crippen molar-refractivity contribution >= 4 is 23.4 Å². The fourth-order valence-electron chi connectivity index (χ4n) is 4.65. The highest BCUT2D eigenvalue weighted by Crippen LogP contribution is 2.34. The highest BCUT2D eigenvalue weighted by molar-refractivity contribution is 6.23. The van der Waals surface area contributed by atoms with Crippen LogP contribution in [0.15, 0.2) is 42.5 Å². The number of amides is 3. The van der Waals surface area contributed by atoms with E-state index in [0.717, 1.165) is 30.6 Å². The fourth-order valence-corrected chi connectivity index (χ4v) is 4.65. The summed E-state index contributed by atoms with van der Waals surface area (Å²) in [4.78, 5) is 42.7. The van der Waals surface area contributed by atoms with Crippen molar-refractivity contribution < 1.29 is 23.9 Å². The highest BCUT2D eigenvalue weighted by Gasteiger charge is 2.47. The molecule has 4 rings (SSSR count). The number of anilines is 1. The van der Waals surface area contributed by atoms with Crippen molar-refractivity contribution in [2.45, 2.75) is 44.2 Å². The summed E-state index contributed by atoms with van der Waals surface area (Å²) in [7, 11) is 3.01. The summed E-state index contributed by atoms with van der Waals surface area (Å²) < 4.78 is 10.6. The van der Waals surface area contributed by atoms with E-state index in [2.05, 4.69) is 0 Å². The average Bonchev–Trinajstić information content (AvgIpc) is 3.47. The minimum Gasteiger partial charge on any atom is -0.493 e. The molecule has 2 fully saturated rings. The predicted octanol–water partition coefficient (Wildman–Crippen LogP) is 3.29. The van der Waals surface area contributed by atoms with Crippen LogP contribution in [0.25, 0.3) is 0 Å². The van der Waals surface area contributed by atoms with Crippen molar-refractivity contribution in [2.24, 2.45) is 0 Å². The second-order valence-corrected chi connectivity index (χ2v) is 8.17. The fraction of sp³-hybridized carbons (Fsp3) is 0.360. The normalized spacial score (nSPS) is 18.3. The zero-order chi connectivity index (χ0) is 23.5. The number of methoxy groups -OCH3 is 2. The first-order chi connectivity index (χ1) is 16.0. The molecule has 0 bridgehead atoms. The van der Waals surface area contributed by atoms with Gasteiger partial charge in [0.15, 0.2) is 11.5 Å². The van der Waals surface area contributed by atoms with Crippen molar-refractivity contribution in [3.8, 4) is 17.6 Å². The molecule has 8 nitrogen and oxygen atoms in total. The number of hydrogen-bond donors (Lipinski definition) is 0. The molecule has 33 heavy (non-hydrogen) atoms. The predicted molar refractivity (Wildman–Crippen MR) is 120 cm³/mol. The van der Waals surface area contributed by atoms with Crippen LogP contribution < -0.4 is 14.4 Å². The van der Waals surface area contributed by atoms with Crippen molar-refractivity contribution in [1.82, 2.24) is 4.90 Å². The molecule has 8 heteroatoms. The lowest BCUT2D eigenvalue weighted by atomic mass is 10.1. The van der Waals surface area contributed by atoms with Gasteiger partial charge in [0.1, 0.15) is 6.04 Å². The lowest BCUT2D eigenvalue weighted by Gasteiger charge is -2.33.